The lowest BCUT2D eigenvalue weighted by molar-refractivity contribution is 0.636. The number of fused-ring (bicyclic) bond motifs is 1. The first-order valence-corrected chi connectivity index (χ1v) is 7.97. The van der Waals surface area contributed by atoms with Crippen molar-refractivity contribution in [3.05, 3.63) is 82.7 Å². The van der Waals surface area contributed by atoms with E-state index in [1.54, 1.807) is 6.07 Å². The van der Waals surface area contributed by atoms with Gasteiger partial charge in [0, 0.05) is 10.9 Å². The van der Waals surface area contributed by atoms with Gasteiger partial charge in [-0.2, -0.15) is 0 Å². The Morgan fingerprint density at radius 2 is 1.70 bits per heavy atom. The van der Waals surface area contributed by atoms with E-state index in [1.807, 2.05) is 43.3 Å². The molecule has 0 spiro atoms. The maximum Gasteiger partial charge on any atom is 0.146 e. The second kappa shape index (κ2) is 6.67. The van der Waals surface area contributed by atoms with Gasteiger partial charge in [0.15, 0.2) is 0 Å². The molecule has 0 aliphatic rings. The second-order valence-corrected chi connectivity index (χ2v) is 5.85. The van der Waals surface area contributed by atoms with Gasteiger partial charge in [-0.3, -0.25) is 0 Å². The standard InChI is InChI=1S/C22H19F/c1-3-4-17-6-8-18(9-7-17)10-11-19-12-13-20-15-16(2)5-14-21(20)22(19)23/h5-9,12-15H,3-4H2,1-2H3. The van der Waals surface area contributed by atoms with Gasteiger partial charge in [-0.15, -0.1) is 0 Å². The fraction of sp³-hybridized carbons (Fsp3) is 0.182. The average Bonchev–Trinajstić information content (AvgIpc) is 2.56. The summed E-state index contributed by atoms with van der Waals surface area (Å²) in [6.45, 7) is 4.17. The molecule has 0 saturated heterocycles. The normalized spacial score (nSPS) is 10.4. The Bertz CT molecular complexity index is 893. The van der Waals surface area contributed by atoms with E-state index >= 15 is 0 Å². The molecule has 23 heavy (non-hydrogen) atoms. The Morgan fingerprint density at radius 1 is 0.913 bits per heavy atom. The van der Waals surface area contributed by atoms with Crippen LogP contribution in [0.2, 0.25) is 0 Å². The maximum absolute atomic E-state index is 14.6. The molecular weight excluding hydrogens is 283 g/mol. The van der Waals surface area contributed by atoms with Crippen LogP contribution in [0.5, 0.6) is 0 Å². The number of hydrogen-bond acceptors (Lipinski definition) is 0. The van der Waals surface area contributed by atoms with Crippen molar-refractivity contribution < 1.29 is 4.39 Å². The minimum atomic E-state index is -0.238. The molecule has 3 rings (SSSR count). The summed E-state index contributed by atoms with van der Waals surface area (Å²) in [5.41, 5.74) is 3.79. The van der Waals surface area contributed by atoms with Crippen LogP contribution in [0.25, 0.3) is 10.8 Å². The van der Waals surface area contributed by atoms with E-state index in [2.05, 4.69) is 30.9 Å². The molecule has 0 bridgehead atoms. The van der Waals surface area contributed by atoms with Crippen LogP contribution >= 0.6 is 0 Å². The fourth-order valence-corrected chi connectivity index (χ4v) is 2.69. The fourth-order valence-electron chi connectivity index (χ4n) is 2.69. The first kappa shape index (κ1) is 15.3. The predicted octanol–water partition coefficient (Wildman–Crippen LogP) is 5.64. The smallest absolute Gasteiger partial charge is 0.146 e. The highest BCUT2D eigenvalue weighted by Crippen LogP contribution is 2.22. The van der Waals surface area contributed by atoms with Crippen LogP contribution in [-0.4, -0.2) is 0 Å². The van der Waals surface area contributed by atoms with Gasteiger partial charge < -0.3 is 0 Å². The van der Waals surface area contributed by atoms with Crippen molar-refractivity contribution in [2.75, 3.05) is 0 Å². The average molecular weight is 302 g/mol. The molecule has 0 aromatic heterocycles. The van der Waals surface area contributed by atoms with E-state index < -0.39 is 0 Å². The van der Waals surface area contributed by atoms with E-state index in [4.69, 9.17) is 0 Å². The van der Waals surface area contributed by atoms with Crippen LogP contribution < -0.4 is 0 Å². The van der Waals surface area contributed by atoms with Crippen LogP contribution in [0, 0.1) is 24.6 Å². The molecule has 0 aliphatic heterocycles. The molecule has 3 aromatic carbocycles. The molecule has 0 atom stereocenters. The molecule has 0 radical (unpaired) electrons. The monoisotopic (exact) mass is 302 g/mol. The Balaban J connectivity index is 1.93. The lowest BCUT2D eigenvalue weighted by atomic mass is 10.0. The molecule has 0 heterocycles. The predicted molar refractivity (Wildman–Crippen MR) is 95.1 cm³/mol. The Labute approximate surface area is 137 Å². The summed E-state index contributed by atoms with van der Waals surface area (Å²) in [6.07, 6.45) is 2.21. The van der Waals surface area contributed by atoms with Gasteiger partial charge in [-0.25, -0.2) is 4.39 Å². The zero-order valence-corrected chi connectivity index (χ0v) is 13.5. The molecule has 1 heteroatoms. The van der Waals surface area contributed by atoms with E-state index in [0.29, 0.717) is 10.9 Å². The lowest BCUT2D eigenvalue weighted by Gasteiger charge is -2.03. The first-order valence-electron chi connectivity index (χ1n) is 7.97. The van der Waals surface area contributed by atoms with Crippen molar-refractivity contribution in [3.63, 3.8) is 0 Å². The van der Waals surface area contributed by atoms with Gasteiger partial charge in [0.2, 0.25) is 0 Å². The Morgan fingerprint density at radius 3 is 2.43 bits per heavy atom. The summed E-state index contributed by atoms with van der Waals surface area (Å²) >= 11 is 0. The minimum Gasteiger partial charge on any atom is -0.205 e. The highest BCUT2D eigenvalue weighted by Gasteiger charge is 2.05. The molecule has 0 N–H and O–H groups in total. The first-order chi connectivity index (χ1) is 11.2. The summed E-state index contributed by atoms with van der Waals surface area (Å²) in [5.74, 6) is 5.78. The van der Waals surface area contributed by atoms with Gasteiger partial charge in [0.05, 0.1) is 5.56 Å². The van der Waals surface area contributed by atoms with Gasteiger partial charge in [-0.05, 0) is 42.5 Å². The Kier molecular flexibility index (Phi) is 4.44. The summed E-state index contributed by atoms with van der Waals surface area (Å²) in [7, 11) is 0. The van der Waals surface area contributed by atoms with Crippen molar-refractivity contribution in [3.8, 4) is 11.8 Å². The van der Waals surface area contributed by atoms with Gasteiger partial charge in [0.25, 0.3) is 0 Å². The van der Waals surface area contributed by atoms with Crippen LogP contribution in [-0.2, 0) is 6.42 Å². The van der Waals surface area contributed by atoms with Crippen LogP contribution in [0.3, 0.4) is 0 Å². The number of benzene rings is 3. The highest BCUT2D eigenvalue weighted by molar-refractivity contribution is 5.85. The van der Waals surface area contributed by atoms with Crippen LogP contribution in [0.15, 0.2) is 54.6 Å². The molecule has 114 valence electrons. The third-order valence-electron chi connectivity index (χ3n) is 3.94. The van der Waals surface area contributed by atoms with Crippen LogP contribution in [0.1, 0.15) is 35.6 Å². The third-order valence-corrected chi connectivity index (χ3v) is 3.94. The summed E-state index contributed by atoms with van der Waals surface area (Å²) in [4.78, 5) is 0. The van der Waals surface area contributed by atoms with Gasteiger partial charge in [0.1, 0.15) is 5.82 Å². The highest BCUT2D eigenvalue weighted by atomic mass is 19.1. The number of aryl methyl sites for hydroxylation is 2. The number of halogens is 1. The molecular formula is C22H19F. The molecule has 0 amide bonds. The van der Waals surface area contributed by atoms with E-state index in [1.165, 1.54) is 5.56 Å². The van der Waals surface area contributed by atoms with Gasteiger partial charge in [-0.1, -0.05) is 67.1 Å². The second-order valence-electron chi connectivity index (χ2n) is 5.85. The number of rotatable bonds is 2. The summed E-state index contributed by atoms with van der Waals surface area (Å²) in [6, 6.07) is 17.6. The lowest BCUT2D eigenvalue weighted by Crippen LogP contribution is -1.87. The van der Waals surface area contributed by atoms with Crippen molar-refractivity contribution in [1.82, 2.24) is 0 Å². The summed E-state index contributed by atoms with van der Waals surface area (Å²) < 4.78 is 14.6. The largest absolute Gasteiger partial charge is 0.205 e. The van der Waals surface area contributed by atoms with E-state index in [9.17, 15) is 4.39 Å². The minimum absolute atomic E-state index is 0.238. The maximum atomic E-state index is 14.6. The van der Waals surface area contributed by atoms with E-state index in [-0.39, 0.29) is 5.82 Å². The van der Waals surface area contributed by atoms with Crippen molar-refractivity contribution in [2.24, 2.45) is 0 Å². The molecule has 0 aliphatic carbocycles. The van der Waals surface area contributed by atoms with Crippen LogP contribution in [0.4, 0.5) is 4.39 Å². The zero-order valence-electron chi connectivity index (χ0n) is 13.5. The van der Waals surface area contributed by atoms with Crippen molar-refractivity contribution in [1.29, 1.82) is 0 Å². The third kappa shape index (κ3) is 3.43. The molecule has 0 fully saturated rings. The zero-order chi connectivity index (χ0) is 16.2. The number of hydrogen-bond donors (Lipinski definition) is 0. The molecule has 3 aromatic rings. The Hall–Kier alpha value is -2.59. The SMILES string of the molecule is CCCc1ccc(C#Cc2ccc3cc(C)ccc3c2F)cc1. The van der Waals surface area contributed by atoms with E-state index in [0.717, 1.165) is 29.4 Å². The van der Waals surface area contributed by atoms with Crippen molar-refractivity contribution in [2.45, 2.75) is 26.7 Å². The molecule has 0 unspecified atom stereocenters. The molecule has 0 saturated carbocycles. The van der Waals surface area contributed by atoms with Crippen molar-refractivity contribution >= 4 is 10.8 Å². The molecule has 0 nitrogen and oxygen atoms in total. The summed E-state index contributed by atoms with van der Waals surface area (Å²) in [5, 5.41) is 1.54. The quantitative estimate of drug-likeness (QED) is 0.537. The topological polar surface area (TPSA) is 0 Å². The van der Waals surface area contributed by atoms with Gasteiger partial charge >= 0.3 is 0 Å².